The van der Waals surface area contributed by atoms with Gasteiger partial charge in [0.15, 0.2) is 0 Å². The van der Waals surface area contributed by atoms with Crippen molar-refractivity contribution in [2.24, 2.45) is 0 Å². The number of nitrogens with one attached hydrogen (secondary N) is 1. The first-order chi connectivity index (χ1) is 9.74. The molecule has 0 spiro atoms. The molecular weight excluding hydrogens is 255 g/mol. The summed E-state index contributed by atoms with van der Waals surface area (Å²) in [6.45, 7) is 5.85. The molecule has 0 radical (unpaired) electrons. The molecule has 1 atom stereocenters. The fraction of sp³-hybridized carbons (Fsp3) is 0.625. The Balaban J connectivity index is 2.02. The number of likely N-dealkylation sites (N-methyl/N-ethyl adjacent to an activating group) is 1. The van der Waals surface area contributed by atoms with Crippen LogP contribution >= 0.6 is 0 Å². The molecule has 0 saturated carbocycles. The normalized spacial score (nSPS) is 20.1. The summed E-state index contributed by atoms with van der Waals surface area (Å²) >= 11 is 0. The maximum Gasteiger partial charge on any atom is 0.131 e. The summed E-state index contributed by atoms with van der Waals surface area (Å²) in [5.74, 6) is 0.409. The molecule has 1 saturated heterocycles. The lowest BCUT2D eigenvalue weighted by Gasteiger charge is -2.36. The average molecular weight is 280 g/mol. The molecule has 0 aliphatic carbocycles. The Hall–Kier alpha value is -1.13. The van der Waals surface area contributed by atoms with E-state index in [9.17, 15) is 4.39 Å². The van der Waals surface area contributed by atoms with E-state index in [1.165, 1.54) is 25.3 Å². The van der Waals surface area contributed by atoms with E-state index < -0.39 is 0 Å². The molecule has 1 N–H and O–H groups in total. The second kappa shape index (κ2) is 7.60. The summed E-state index contributed by atoms with van der Waals surface area (Å²) in [7, 11) is 1.56. The minimum atomic E-state index is -0.169. The van der Waals surface area contributed by atoms with E-state index in [1.807, 2.05) is 12.1 Å². The van der Waals surface area contributed by atoms with E-state index in [2.05, 4.69) is 17.1 Å². The van der Waals surface area contributed by atoms with E-state index >= 15 is 0 Å². The zero-order chi connectivity index (χ0) is 14.4. The largest absolute Gasteiger partial charge is 0.497 e. The SMILES string of the molecule is CCNCC1CCCCN1Cc1ccc(OC)cc1F. The van der Waals surface area contributed by atoms with Crippen molar-refractivity contribution in [3.63, 3.8) is 0 Å². The van der Waals surface area contributed by atoms with Gasteiger partial charge >= 0.3 is 0 Å². The molecule has 1 aliphatic rings. The van der Waals surface area contributed by atoms with Crippen molar-refractivity contribution in [3.05, 3.63) is 29.6 Å². The van der Waals surface area contributed by atoms with Crippen LogP contribution < -0.4 is 10.1 Å². The van der Waals surface area contributed by atoms with Crippen molar-refractivity contribution in [3.8, 4) is 5.75 Å². The highest BCUT2D eigenvalue weighted by molar-refractivity contribution is 5.28. The zero-order valence-corrected chi connectivity index (χ0v) is 12.5. The molecule has 1 unspecified atom stereocenters. The minimum Gasteiger partial charge on any atom is -0.497 e. The lowest BCUT2D eigenvalue weighted by atomic mass is 10.0. The fourth-order valence-electron chi connectivity index (χ4n) is 2.81. The van der Waals surface area contributed by atoms with Crippen LogP contribution in [-0.4, -0.2) is 37.7 Å². The first-order valence-electron chi connectivity index (χ1n) is 7.51. The van der Waals surface area contributed by atoms with Gasteiger partial charge in [0.05, 0.1) is 7.11 Å². The first kappa shape index (κ1) is 15.3. The van der Waals surface area contributed by atoms with Crippen LogP contribution in [0.3, 0.4) is 0 Å². The Bertz CT molecular complexity index is 425. The highest BCUT2D eigenvalue weighted by Gasteiger charge is 2.22. The van der Waals surface area contributed by atoms with Gasteiger partial charge in [0.2, 0.25) is 0 Å². The van der Waals surface area contributed by atoms with Crippen molar-refractivity contribution in [2.45, 2.75) is 38.8 Å². The number of nitrogens with zero attached hydrogens (tertiary/aromatic N) is 1. The maximum absolute atomic E-state index is 14.0. The molecule has 2 rings (SSSR count). The number of methoxy groups -OCH3 is 1. The molecule has 20 heavy (non-hydrogen) atoms. The predicted molar refractivity (Wildman–Crippen MR) is 79.5 cm³/mol. The highest BCUT2D eigenvalue weighted by Crippen LogP contribution is 2.22. The number of rotatable bonds is 6. The summed E-state index contributed by atoms with van der Waals surface area (Å²) in [6, 6.07) is 5.66. The quantitative estimate of drug-likeness (QED) is 0.867. The van der Waals surface area contributed by atoms with Crippen molar-refractivity contribution in [2.75, 3.05) is 26.7 Å². The lowest BCUT2D eigenvalue weighted by molar-refractivity contribution is 0.136. The second-order valence-corrected chi connectivity index (χ2v) is 5.39. The van der Waals surface area contributed by atoms with Gasteiger partial charge in [-0.3, -0.25) is 4.90 Å². The third-order valence-electron chi connectivity index (χ3n) is 4.01. The molecule has 4 heteroatoms. The predicted octanol–water partition coefficient (Wildman–Crippen LogP) is 2.80. The van der Waals surface area contributed by atoms with Crippen molar-refractivity contribution >= 4 is 0 Å². The topological polar surface area (TPSA) is 24.5 Å². The van der Waals surface area contributed by atoms with Crippen LogP contribution in [0.4, 0.5) is 4.39 Å². The van der Waals surface area contributed by atoms with Gasteiger partial charge in [-0.15, -0.1) is 0 Å². The maximum atomic E-state index is 14.0. The smallest absolute Gasteiger partial charge is 0.131 e. The Morgan fingerprint density at radius 2 is 2.25 bits per heavy atom. The van der Waals surface area contributed by atoms with Gasteiger partial charge in [0.1, 0.15) is 11.6 Å². The van der Waals surface area contributed by atoms with Crippen LogP contribution in [0.2, 0.25) is 0 Å². The Morgan fingerprint density at radius 1 is 1.40 bits per heavy atom. The van der Waals surface area contributed by atoms with Gasteiger partial charge in [-0.25, -0.2) is 4.39 Å². The summed E-state index contributed by atoms with van der Waals surface area (Å²) in [4.78, 5) is 2.40. The molecule has 0 aromatic heterocycles. The molecule has 0 amide bonds. The molecule has 0 bridgehead atoms. The molecule has 3 nitrogen and oxygen atoms in total. The third-order valence-corrected chi connectivity index (χ3v) is 4.01. The van der Waals surface area contributed by atoms with Crippen LogP contribution in [0, 0.1) is 5.82 Å². The number of likely N-dealkylation sites (tertiary alicyclic amines) is 1. The van der Waals surface area contributed by atoms with Gasteiger partial charge in [0.25, 0.3) is 0 Å². The van der Waals surface area contributed by atoms with Gasteiger partial charge in [-0.1, -0.05) is 19.4 Å². The van der Waals surface area contributed by atoms with Gasteiger partial charge in [-0.05, 0) is 32.0 Å². The summed E-state index contributed by atoms with van der Waals surface area (Å²) in [5, 5.41) is 3.41. The average Bonchev–Trinajstić information content (AvgIpc) is 2.48. The van der Waals surface area contributed by atoms with E-state index in [0.717, 1.165) is 25.2 Å². The van der Waals surface area contributed by atoms with Crippen molar-refractivity contribution in [1.82, 2.24) is 10.2 Å². The molecule has 1 heterocycles. The number of ether oxygens (including phenoxy) is 1. The fourth-order valence-corrected chi connectivity index (χ4v) is 2.81. The Kier molecular flexibility index (Phi) is 5.80. The number of hydrogen-bond acceptors (Lipinski definition) is 3. The van der Waals surface area contributed by atoms with Crippen molar-refractivity contribution < 1.29 is 9.13 Å². The molecule has 112 valence electrons. The number of hydrogen-bond donors (Lipinski definition) is 1. The summed E-state index contributed by atoms with van der Waals surface area (Å²) in [5.41, 5.74) is 0.759. The molecule has 1 aromatic rings. The van der Waals surface area contributed by atoms with Crippen LogP contribution in [0.15, 0.2) is 18.2 Å². The number of halogens is 1. The van der Waals surface area contributed by atoms with Gasteiger partial charge in [-0.2, -0.15) is 0 Å². The molecule has 1 aromatic carbocycles. The molecular formula is C16H25FN2O. The second-order valence-electron chi connectivity index (χ2n) is 5.39. The van der Waals surface area contributed by atoms with E-state index in [4.69, 9.17) is 4.74 Å². The minimum absolute atomic E-state index is 0.169. The molecule has 1 fully saturated rings. The van der Waals surface area contributed by atoms with E-state index in [0.29, 0.717) is 18.3 Å². The lowest BCUT2D eigenvalue weighted by Crippen LogP contribution is -2.45. The standard InChI is InChI=1S/C16H25FN2O/c1-3-18-11-14-6-4-5-9-19(14)12-13-7-8-15(20-2)10-16(13)17/h7-8,10,14,18H,3-6,9,11-12H2,1-2H3. The first-order valence-corrected chi connectivity index (χ1v) is 7.51. The van der Waals surface area contributed by atoms with E-state index in [-0.39, 0.29) is 5.82 Å². The van der Waals surface area contributed by atoms with Crippen LogP contribution in [0.25, 0.3) is 0 Å². The Labute approximate surface area is 121 Å². The Morgan fingerprint density at radius 3 is 2.95 bits per heavy atom. The highest BCUT2D eigenvalue weighted by atomic mass is 19.1. The van der Waals surface area contributed by atoms with Crippen molar-refractivity contribution in [1.29, 1.82) is 0 Å². The van der Waals surface area contributed by atoms with Gasteiger partial charge < -0.3 is 10.1 Å². The van der Waals surface area contributed by atoms with E-state index in [1.54, 1.807) is 7.11 Å². The monoisotopic (exact) mass is 280 g/mol. The summed E-state index contributed by atoms with van der Waals surface area (Å²) in [6.07, 6.45) is 3.68. The van der Waals surface area contributed by atoms with Gasteiger partial charge in [0, 0.05) is 30.8 Å². The van der Waals surface area contributed by atoms with Crippen LogP contribution in [0.5, 0.6) is 5.75 Å². The summed E-state index contributed by atoms with van der Waals surface area (Å²) < 4.78 is 19.1. The molecule has 1 aliphatic heterocycles. The number of benzene rings is 1. The van der Waals surface area contributed by atoms with Crippen LogP contribution in [0.1, 0.15) is 31.7 Å². The third kappa shape index (κ3) is 3.93. The number of piperidine rings is 1. The zero-order valence-electron chi connectivity index (χ0n) is 12.5. The van der Waals surface area contributed by atoms with Crippen LogP contribution in [-0.2, 0) is 6.54 Å².